The fourth-order valence-electron chi connectivity index (χ4n) is 2.51. The first kappa shape index (κ1) is 19.1. The van der Waals surface area contributed by atoms with Crippen LogP contribution in [0.15, 0.2) is 18.2 Å². The predicted molar refractivity (Wildman–Crippen MR) is 93.0 cm³/mol. The predicted octanol–water partition coefficient (Wildman–Crippen LogP) is 1.99. The molecular formula is C18H25NO6. The lowest BCUT2D eigenvalue weighted by Crippen LogP contribution is -2.33. The molecule has 7 nitrogen and oxygen atoms in total. The molecule has 1 N–H and O–H groups in total. The zero-order valence-electron chi connectivity index (χ0n) is 15.3. The Kier molecular flexibility index (Phi) is 6.27. The summed E-state index contributed by atoms with van der Waals surface area (Å²) < 4.78 is 26.9. The van der Waals surface area contributed by atoms with E-state index in [0.717, 1.165) is 5.56 Å². The zero-order chi connectivity index (χ0) is 18.4. The van der Waals surface area contributed by atoms with Crippen LogP contribution in [-0.4, -0.2) is 52.3 Å². The van der Waals surface area contributed by atoms with Gasteiger partial charge in [0.15, 0.2) is 17.3 Å². The molecule has 0 spiro atoms. The molecule has 1 aromatic rings. The molecule has 7 heteroatoms. The van der Waals surface area contributed by atoms with E-state index < -0.39 is 5.79 Å². The van der Waals surface area contributed by atoms with Crippen molar-refractivity contribution in [1.29, 1.82) is 0 Å². The molecule has 1 fully saturated rings. The molecule has 0 aromatic heterocycles. The molecule has 138 valence electrons. The van der Waals surface area contributed by atoms with Crippen LogP contribution in [0.25, 0.3) is 6.08 Å². The van der Waals surface area contributed by atoms with Crippen LogP contribution in [0.2, 0.25) is 0 Å². The van der Waals surface area contributed by atoms with Crippen molar-refractivity contribution in [1.82, 2.24) is 5.32 Å². The Bertz CT molecular complexity index is 615. The molecule has 2 rings (SSSR count). The minimum Gasteiger partial charge on any atom is -0.493 e. The second-order valence-electron chi connectivity index (χ2n) is 5.99. The number of rotatable bonds is 7. The second kappa shape index (κ2) is 8.22. The van der Waals surface area contributed by atoms with Gasteiger partial charge in [-0.2, -0.15) is 0 Å². The summed E-state index contributed by atoms with van der Waals surface area (Å²) in [5.74, 6) is 0.748. The average Bonchev–Trinajstić information content (AvgIpc) is 2.95. The van der Waals surface area contributed by atoms with E-state index in [9.17, 15) is 4.79 Å². The third-order valence-corrected chi connectivity index (χ3v) is 3.69. The summed E-state index contributed by atoms with van der Waals surface area (Å²) in [5.41, 5.74) is 0.756. The highest BCUT2D eigenvalue weighted by atomic mass is 16.7. The number of carbonyl (C=O) groups is 1. The maximum absolute atomic E-state index is 12.0. The first-order valence-electron chi connectivity index (χ1n) is 7.96. The zero-order valence-corrected chi connectivity index (χ0v) is 15.3. The molecule has 1 aromatic carbocycles. The van der Waals surface area contributed by atoms with E-state index in [2.05, 4.69) is 5.32 Å². The van der Waals surface area contributed by atoms with Gasteiger partial charge >= 0.3 is 0 Å². The Labute approximate surface area is 147 Å². The number of ether oxygens (including phenoxy) is 5. The molecule has 1 amide bonds. The van der Waals surface area contributed by atoms with Crippen LogP contribution < -0.4 is 19.5 Å². The number of amides is 1. The van der Waals surface area contributed by atoms with Crippen LogP contribution in [0, 0.1) is 0 Å². The van der Waals surface area contributed by atoms with Crippen LogP contribution >= 0.6 is 0 Å². The summed E-state index contributed by atoms with van der Waals surface area (Å²) >= 11 is 0. The third-order valence-electron chi connectivity index (χ3n) is 3.69. The Hall–Kier alpha value is -2.25. The molecule has 1 aliphatic rings. The number of benzene rings is 1. The number of nitrogens with one attached hydrogen (secondary N) is 1. The van der Waals surface area contributed by atoms with E-state index in [4.69, 9.17) is 23.7 Å². The summed E-state index contributed by atoms with van der Waals surface area (Å²) in [6.07, 6.45) is 2.98. The van der Waals surface area contributed by atoms with Crippen LogP contribution in [0.5, 0.6) is 17.2 Å². The molecule has 25 heavy (non-hydrogen) atoms. The number of carbonyl (C=O) groups excluding carboxylic acids is 1. The van der Waals surface area contributed by atoms with Crippen molar-refractivity contribution in [2.75, 3.05) is 34.5 Å². The SMILES string of the molecule is COc1cc(C=CC(=O)NCC2COC(C)(C)O2)cc(OC)c1OC. The molecule has 0 bridgehead atoms. The van der Waals surface area contributed by atoms with Gasteiger partial charge in [-0.3, -0.25) is 4.79 Å². The molecule has 1 saturated heterocycles. The van der Waals surface area contributed by atoms with Gasteiger partial charge in [0.25, 0.3) is 0 Å². The lowest BCUT2D eigenvalue weighted by atomic mass is 10.1. The highest BCUT2D eigenvalue weighted by Crippen LogP contribution is 2.38. The van der Waals surface area contributed by atoms with E-state index in [1.54, 1.807) is 39.5 Å². The van der Waals surface area contributed by atoms with Crippen LogP contribution in [-0.2, 0) is 14.3 Å². The van der Waals surface area contributed by atoms with Crippen molar-refractivity contribution in [3.05, 3.63) is 23.8 Å². The summed E-state index contributed by atoms with van der Waals surface area (Å²) in [6, 6.07) is 3.53. The van der Waals surface area contributed by atoms with Gasteiger partial charge < -0.3 is 29.0 Å². The lowest BCUT2D eigenvalue weighted by Gasteiger charge is -2.17. The van der Waals surface area contributed by atoms with Crippen molar-refractivity contribution in [2.24, 2.45) is 0 Å². The highest BCUT2D eigenvalue weighted by Gasteiger charge is 2.32. The summed E-state index contributed by atoms with van der Waals surface area (Å²) in [7, 11) is 4.63. The normalized spacial score (nSPS) is 19.0. The minimum absolute atomic E-state index is 0.145. The van der Waals surface area contributed by atoms with Crippen molar-refractivity contribution in [2.45, 2.75) is 25.7 Å². The lowest BCUT2D eigenvalue weighted by molar-refractivity contribution is -0.139. The van der Waals surface area contributed by atoms with Gasteiger partial charge in [-0.15, -0.1) is 0 Å². The molecule has 1 aliphatic heterocycles. The van der Waals surface area contributed by atoms with E-state index in [1.165, 1.54) is 6.08 Å². The largest absolute Gasteiger partial charge is 0.493 e. The van der Waals surface area contributed by atoms with Gasteiger partial charge in [-0.05, 0) is 37.6 Å². The minimum atomic E-state index is -0.596. The summed E-state index contributed by atoms with van der Waals surface area (Å²) in [4.78, 5) is 12.0. The van der Waals surface area contributed by atoms with E-state index in [-0.39, 0.29) is 12.0 Å². The fourth-order valence-corrected chi connectivity index (χ4v) is 2.51. The van der Waals surface area contributed by atoms with Crippen LogP contribution in [0.4, 0.5) is 0 Å². The van der Waals surface area contributed by atoms with Crippen molar-refractivity contribution in [3.8, 4) is 17.2 Å². The van der Waals surface area contributed by atoms with Crippen molar-refractivity contribution >= 4 is 12.0 Å². The Morgan fingerprint density at radius 2 is 1.88 bits per heavy atom. The van der Waals surface area contributed by atoms with E-state index >= 15 is 0 Å². The van der Waals surface area contributed by atoms with Crippen molar-refractivity contribution < 1.29 is 28.5 Å². The van der Waals surface area contributed by atoms with Gasteiger partial charge in [0.2, 0.25) is 11.7 Å². The fraction of sp³-hybridized carbons (Fsp3) is 0.500. The summed E-state index contributed by atoms with van der Waals surface area (Å²) in [5, 5.41) is 2.79. The third kappa shape index (κ3) is 5.11. The van der Waals surface area contributed by atoms with E-state index in [1.807, 2.05) is 13.8 Å². The Morgan fingerprint density at radius 1 is 1.24 bits per heavy atom. The van der Waals surface area contributed by atoms with Gasteiger partial charge in [0.1, 0.15) is 6.10 Å². The highest BCUT2D eigenvalue weighted by molar-refractivity contribution is 5.91. The maximum Gasteiger partial charge on any atom is 0.244 e. The summed E-state index contributed by atoms with van der Waals surface area (Å²) in [6.45, 7) is 4.55. The number of methoxy groups -OCH3 is 3. The molecule has 0 saturated carbocycles. The van der Waals surface area contributed by atoms with Gasteiger partial charge in [0, 0.05) is 12.6 Å². The van der Waals surface area contributed by atoms with Gasteiger partial charge in [0.05, 0.1) is 27.9 Å². The smallest absolute Gasteiger partial charge is 0.244 e. The first-order chi connectivity index (χ1) is 11.9. The van der Waals surface area contributed by atoms with E-state index in [0.29, 0.717) is 30.4 Å². The van der Waals surface area contributed by atoms with Gasteiger partial charge in [-0.25, -0.2) is 0 Å². The van der Waals surface area contributed by atoms with Crippen molar-refractivity contribution in [3.63, 3.8) is 0 Å². The molecule has 1 atom stereocenters. The van der Waals surface area contributed by atoms with Gasteiger partial charge in [-0.1, -0.05) is 0 Å². The molecule has 1 unspecified atom stereocenters. The molecular weight excluding hydrogens is 326 g/mol. The first-order valence-corrected chi connectivity index (χ1v) is 7.96. The standard InChI is InChI=1S/C18H25NO6/c1-18(2)24-11-13(25-18)10-19-16(20)7-6-12-8-14(21-3)17(23-5)15(9-12)22-4/h6-9,13H,10-11H2,1-5H3,(H,19,20). The van der Waals surface area contributed by atoms with Crippen LogP contribution in [0.1, 0.15) is 19.4 Å². The Morgan fingerprint density at radius 3 is 2.36 bits per heavy atom. The topological polar surface area (TPSA) is 75.3 Å². The maximum atomic E-state index is 12.0. The number of hydrogen-bond acceptors (Lipinski definition) is 6. The quantitative estimate of drug-likeness (QED) is 0.757. The van der Waals surface area contributed by atoms with Crippen LogP contribution in [0.3, 0.4) is 0 Å². The Balaban J connectivity index is 1.97. The molecule has 0 aliphatic carbocycles. The second-order valence-corrected chi connectivity index (χ2v) is 5.99. The number of hydrogen-bond donors (Lipinski definition) is 1. The molecule has 0 radical (unpaired) electrons. The monoisotopic (exact) mass is 351 g/mol. The molecule has 1 heterocycles. The average molecular weight is 351 g/mol.